The Balaban J connectivity index is 1.11. The van der Waals surface area contributed by atoms with Crippen LogP contribution in [0.1, 0.15) is 33.5 Å². The van der Waals surface area contributed by atoms with Crippen molar-refractivity contribution in [3.05, 3.63) is 204 Å². The Morgan fingerprint density at radius 1 is 0.511 bits per heavy atom. The van der Waals surface area contributed by atoms with Crippen LogP contribution in [-0.2, 0) is 32.1 Å². The molecule has 3 heterocycles. The first-order chi connectivity index (χ1) is 23.3. The number of hydrogen-bond acceptors (Lipinski definition) is 2. The van der Waals surface area contributed by atoms with Gasteiger partial charge in [0.15, 0.2) is 6.20 Å². The molecule has 0 aliphatic rings. The van der Waals surface area contributed by atoms with Crippen LogP contribution in [0.2, 0.25) is 0 Å². The third-order valence-electron chi connectivity index (χ3n) is 8.64. The lowest BCUT2D eigenvalue weighted by molar-refractivity contribution is -0.600. The van der Waals surface area contributed by atoms with Crippen molar-refractivity contribution in [1.29, 1.82) is 0 Å². The van der Waals surface area contributed by atoms with E-state index in [4.69, 9.17) is 9.97 Å². The van der Waals surface area contributed by atoms with Gasteiger partial charge in [0.1, 0.15) is 5.69 Å². The molecule has 3 heteroatoms. The van der Waals surface area contributed by atoms with Crippen LogP contribution < -0.4 is 4.57 Å². The molecule has 0 aliphatic carbocycles. The predicted octanol–water partition coefficient (Wildman–Crippen LogP) is 9.05. The third-order valence-corrected chi connectivity index (χ3v) is 8.64. The van der Waals surface area contributed by atoms with Crippen molar-refractivity contribution in [3.8, 4) is 28.2 Å². The fourth-order valence-corrected chi connectivity index (χ4v) is 6.09. The SMILES string of the molecule is [c-]1cccc[n+]1-c1cccc(CCc2ccc(CCc3ccc(-c4ccccc4)nc3)c(Cc3cccc(-c4ccccc4)n3)c2)c1. The van der Waals surface area contributed by atoms with Gasteiger partial charge in [-0.1, -0.05) is 121 Å². The summed E-state index contributed by atoms with van der Waals surface area (Å²) in [5.74, 6) is 0. The molecule has 0 bridgehead atoms. The van der Waals surface area contributed by atoms with E-state index in [2.05, 4.69) is 128 Å². The van der Waals surface area contributed by atoms with Crippen LogP contribution in [0.5, 0.6) is 0 Å². The Kier molecular flexibility index (Phi) is 9.33. The zero-order valence-electron chi connectivity index (χ0n) is 26.5. The van der Waals surface area contributed by atoms with Gasteiger partial charge in [0.25, 0.3) is 0 Å². The molecule has 0 atom stereocenters. The van der Waals surface area contributed by atoms with Gasteiger partial charge in [0.05, 0.1) is 17.6 Å². The molecule has 4 aromatic carbocycles. The number of rotatable bonds is 11. The van der Waals surface area contributed by atoms with Crippen LogP contribution in [0.3, 0.4) is 0 Å². The molecule has 0 spiro atoms. The highest BCUT2D eigenvalue weighted by molar-refractivity contribution is 5.59. The van der Waals surface area contributed by atoms with Gasteiger partial charge in [-0.25, -0.2) is 0 Å². The Hall–Kier alpha value is -5.67. The highest BCUT2D eigenvalue weighted by Gasteiger charge is 2.10. The molecule has 0 N–H and O–H groups in total. The van der Waals surface area contributed by atoms with Gasteiger partial charge in [-0.05, 0) is 78.3 Å². The minimum Gasteiger partial charge on any atom is -0.285 e. The highest BCUT2D eigenvalue weighted by atomic mass is 14.9. The maximum absolute atomic E-state index is 5.08. The minimum atomic E-state index is 0.797. The Labute approximate surface area is 277 Å². The monoisotopic (exact) mass is 607 g/mol. The second-order valence-electron chi connectivity index (χ2n) is 11.9. The van der Waals surface area contributed by atoms with Gasteiger partial charge in [-0.15, -0.1) is 6.07 Å². The fourth-order valence-electron chi connectivity index (χ4n) is 6.09. The van der Waals surface area contributed by atoms with E-state index in [1.165, 1.54) is 27.8 Å². The number of pyridine rings is 3. The molecule has 3 aromatic heterocycles. The Morgan fingerprint density at radius 2 is 1.23 bits per heavy atom. The summed E-state index contributed by atoms with van der Waals surface area (Å²) >= 11 is 0. The zero-order chi connectivity index (χ0) is 31.7. The van der Waals surface area contributed by atoms with Gasteiger partial charge < -0.3 is 0 Å². The van der Waals surface area contributed by atoms with Gasteiger partial charge in [-0.2, -0.15) is 0 Å². The van der Waals surface area contributed by atoms with E-state index < -0.39 is 0 Å². The van der Waals surface area contributed by atoms with Crippen LogP contribution in [0.4, 0.5) is 0 Å². The Bertz CT molecular complexity index is 2040. The number of hydrogen-bond donors (Lipinski definition) is 0. The van der Waals surface area contributed by atoms with Crippen molar-refractivity contribution < 1.29 is 4.57 Å². The van der Waals surface area contributed by atoms with Gasteiger partial charge in [-0.3, -0.25) is 14.5 Å². The first kappa shape index (κ1) is 30.0. The molecule has 3 nitrogen and oxygen atoms in total. The summed E-state index contributed by atoms with van der Waals surface area (Å²) in [5.41, 5.74) is 13.2. The van der Waals surface area contributed by atoms with E-state index in [-0.39, 0.29) is 0 Å². The third kappa shape index (κ3) is 7.77. The smallest absolute Gasteiger partial charge is 0.152 e. The summed E-state index contributed by atoms with van der Waals surface area (Å²) in [6.45, 7) is 0. The van der Waals surface area contributed by atoms with Gasteiger partial charge in [0.2, 0.25) is 0 Å². The molecule has 0 fully saturated rings. The van der Waals surface area contributed by atoms with Gasteiger partial charge >= 0.3 is 0 Å². The molecule has 47 heavy (non-hydrogen) atoms. The highest BCUT2D eigenvalue weighted by Crippen LogP contribution is 2.23. The maximum atomic E-state index is 5.08. The standard InChI is InChI=1S/C44H37N3/c1-4-13-38(14-5-1)43-27-24-36(33-45-43)23-26-37-25-22-35(21-20-34-12-10-18-42(31-34)47-28-8-3-9-29-47)30-40(37)32-41-17-11-19-44(46-41)39-15-6-2-7-16-39/h1-19,22,24-25,27-28,30-31,33H,20-21,23,26,32H2. The second-order valence-corrected chi connectivity index (χ2v) is 11.9. The number of aryl methyl sites for hydroxylation is 4. The Morgan fingerprint density at radius 3 is 1.98 bits per heavy atom. The molecule has 0 saturated heterocycles. The average molecular weight is 608 g/mol. The van der Waals surface area contributed by atoms with Crippen LogP contribution >= 0.6 is 0 Å². The predicted molar refractivity (Wildman–Crippen MR) is 190 cm³/mol. The summed E-state index contributed by atoms with van der Waals surface area (Å²) in [4.78, 5) is 9.85. The lowest BCUT2D eigenvalue weighted by atomic mass is 9.93. The fraction of sp³-hybridized carbons (Fsp3) is 0.114. The molecule has 0 amide bonds. The van der Waals surface area contributed by atoms with Crippen molar-refractivity contribution in [2.45, 2.75) is 32.1 Å². The topological polar surface area (TPSA) is 29.7 Å². The van der Waals surface area contributed by atoms with Crippen LogP contribution in [0.25, 0.3) is 28.2 Å². The van der Waals surface area contributed by atoms with Crippen molar-refractivity contribution in [2.75, 3.05) is 0 Å². The zero-order valence-corrected chi connectivity index (χ0v) is 26.5. The molecule has 7 rings (SSSR count). The molecular weight excluding hydrogens is 571 g/mol. The number of benzene rings is 4. The molecule has 228 valence electrons. The van der Waals surface area contributed by atoms with Crippen molar-refractivity contribution in [1.82, 2.24) is 9.97 Å². The molecule has 7 aromatic rings. The van der Waals surface area contributed by atoms with Crippen LogP contribution in [0.15, 0.2) is 164 Å². The lowest BCUT2D eigenvalue weighted by Gasteiger charge is -2.14. The van der Waals surface area contributed by atoms with Crippen LogP contribution in [-0.4, -0.2) is 9.97 Å². The molecular formula is C44H37N3. The molecule has 0 aliphatic heterocycles. The van der Waals surface area contributed by atoms with Crippen molar-refractivity contribution in [3.63, 3.8) is 0 Å². The largest absolute Gasteiger partial charge is 0.285 e. The maximum Gasteiger partial charge on any atom is 0.152 e. The first-order valence-electron chi connectivity index (χ1n) is 16.4. The summed E-state index contributed by atoms with van der Waals surface area (Å²) in [6, 6.07) is 53.3. The van der Waals surface area contributed by atoms with E-state index in [1.54, 1.807) is 0 Å². The quantitative estimate of drug-likeness (QED) is 0.108. The van der Waals surface area contributed by atoms with E-state index in [1.807, 2.05) is 47.3 Å². The summed E-state index contributed by atoms with van der Waals surface area (Å²) in [6.07, 6.45) is 12.0. The number of aromatic nitrogens is 3. The summed E-state index contributed by atoms with van der Waals surface area (Å²) in [5, 5.41) is 0. The van der Waals surface area contributed by atoms with Crippen molar-refractivity contribution >= 4 is 0 Å². The van der Waals surface area contributed by atoms with Crippen molar-refractivity contribution in [2.24, 2.45) is 0 Å². The minimum absolute atomic E-state index is 0.797. The normalized spacial score (nSPS) is 11.0. The molecule has 0 radical (unpaired) electrons. The second kappa shape index (κ2) is 14.6. The summed E-state index contributed by atoms with van der Waals surface area (Å²) < 4.78 is 2.04. The molecule has 0 unspecified atom stereocenters. The lowest BCUT2D eigenvalue weighted by Crippen LogP contribution is -2.29. The first-order valence-corrected chi connectivity index (χ1v) is 16.4. The van der Waals surface area contributed by atoms with E-state index in [0.717, 1.165) is 66.0 Å². The molecule has 0 saturated carbocycles. The van der Waals surface area contributed by atoms with E-state index >= 15 is 0 Å². The van der Waals surface area contributed by atoms with E-state index in [9.17, 15) is 0 Å². The number of nitrogens with zero attached hydrogens (tertiary/aromatic N) is 3. The van der Waals surface area contributed by atoms with Gasteiger partial charge in [0, 0.05) is 29.4 Å². The summed E-state index contributed by atoms with van der Waals surface area (Å²) in [7, 11) is 0. The van der Waals surface area contributed by atoms with E-state index in [0.29, 0.717) is 0 Å². The average Bonchev–Trinajstić information content (AvgIpc) is 3.15. The van der Waals surface area contributed by atoms with Crippen LogP contribution in [0, 0.1) is 6.20 Å².